The molecule has 0 aliphatic carbocycles. The summed E-state index contributed by atoms with van der Waals surface area (Å²) in [5.74, 6) is -0.374. The molecule has 0 spiro atoms. The Hall–Kier alpha value is 0.1000. The summed E-state index contributed by atoms with van der Waals surface area (Å²) in [5.41, 5.74) is 0. The van der Waals surface area contributed by atoms with Crippen molar-refractivity contribution in [1.29, 1.82) is 0 Å². The Bertz CT molecular complexity index is 187. The standard InChI is InChI=1S/C11H19IO2/c1-4-5-6-7-10(14)11(8(2)12)9(3)13/h10-11,14H,2,4-7H2,1,3H3/t10?,11-/m0/s1. The molecule has 1 unspecified atom stereocenters. The molecule has 0 amide bonds. The molecule has 1 N–H and O–H groups in total. The molecule has 82 valence electrons. The first kappa shape index (κ1) is 14.1. The van der Waals surface area contributed by atoms with Crippen molar-refractivity contribution < 1.29 is 9.90 Å². The molecule has 0 bridgehead atoms. The van der Waals surface area contributed by atoms with Crippen LogP contribution in [0.15, 0.2) is 10.2 Å². The number of unbranched alkanes of at least 4 members (excludes halogenated alkanes) is 2. The minimum absolute atomic E-state index is 0.00778. The molecule has 0 rings (SSSR count). The van der Waals surface area contributed by atoms with Crippen molar-refractivity contribution in [3.05, 3.63) is 10.2 Å². The van der Waals surface area contributed by atoms with E-state index in [2.05, 4.69) is 13.5 Å². The number of ketones is 1. The van der Waals surface area contributed by atoms with Crippen LogP contribution in [0, 0.1) is 5.92 Å². The number of carbonyl (C=O) groups excluding carboxylic acids is 1. The van der Waals surface area contributed by atoms with Gasteiger partial charge in [0.15, 0.2) is 0 Å². The predicted molar refractivity (Wildman–Crippen MR) is 67.5 cm³/mol. The molecule has 0 aromatic heterocycles. The Morgan fingerprint density at radius 3 is 2.43 bits per heavy atom. The Balaban J connectivity index is 4.09. The van der Waals surface area contributed by atoms with E-state index in [0.29, 0.717) is 6.42 Å². The first-order chi connectivity index (χ1) is 6.50. The zero-order chi connectivity index (χ0) is 11.1. The highest BCUT2D eigenvalue weighted by Crippen LogP contribution is 2.24. The second-order valence-electron chi connectivity index (χ2n) is 3.60. The van der Waals surface area contributed by atoms with Gasteiger partial charge < -0.3 is 5.11 Å². The third-order valence-corrected chi connectivity index (χ3v) is 2.93. The van der Waals surface area contributed by atoms with Crippen LogP contribution in [0.3, 0.4) is 0 Å². The summed E-state index contributed by atoms with van der Waals surface area (Å²) in [4.78, 5) is 11.2. The molecule has 2 atom stereocenters. The van der Waals surface area contributed by atoms with Crippen LogP contribution in [0.2, 0.25) is 0 Å². The molecule has 0 heterocycles. The quantitative estimate of drug-likeness (QED) is 0.579. The Morgan fingerprint density at radius 2 is 2.07 bits per heavy atom. The van der Waals surface area contributed by atoms with Crippen molar-refractivity contribution >= 4 is 28.4 Å². The second kappa shape index (κ2) is 7.40. The van der Waals surface area contributed by atoms with Crippen LogP contribution in [-0.2, 0) is 4.79 Å². The summed E-state index contributed by atoms with van der Waals surface area (Å²) in [6, 6.07) is 0. The van der Waals surface area contributed by atoms with Crippen molar-refractivity contribution in [3.63, 3.8) is 0 Å². The lowest BCUT2D eigenvalue weighted by molar-refractivity contribution is -0.122. The molecular weight excluding hydrogens is 291 g/mol. The minimum atomic E-state index is -0.552. The van der Waals surface area contributed by atoms with Gasteiger partial charge in [0.05, 0.1) is 12.0 Å². The number of rotatable bonds is 7. The average Bonchev–Trinajstić information content (AvgIpc) is 2.03. The zero-order valence-electron chi connectivity index (χ0n) is 8.92. The molecule has 0 aliphatic rings. The molecule has 14 heavy (non-hydrogen) atoms. The normalized spacial score (nSPS) is 14.9. The van der Waals surface area contributed by atoms with Gasteiger partial charge in [0.1, 0.15) is 5.78 Å². The summed E-state index contributed by atoms with van der Waals surface area (Å²) in [6.07, 6.45) is 3.35. The minimum Gasteiger partial charge on any atom is -0.392 e. The van der Waals surface area contributed by atoms with Gasteiger partial charge in [-0.1, -0.05) is 32.8 Å². The molecule has 0 aromatic carbocycles. The van der Waals surface area contributed by atoms with Crippen LogP contribution in [0.25, 0.3) is 0 Å². The van der Waals surface area contributed by atoms with Crippen molar-refractivity contribution in [2.45, 2.75) is 45.6 Å². The van der Waals surface area contributed by atoms with Gasteiger partial charge >= 0.3 is 0 Å². The number of halogens is 1. The maximum Gasteiger partial charge on any atom is 0.140 e. The van der Waals surface area contributed by atoms with Crippen molar-refractivity contribution in [3.8, 4) is 0 Å². The van der Waals surface area contributed by atoms with Gasteiger partial charge in [-0.05, 0) is 39.5 Å². The van der Waals surface area contributed by atoms with Gasteiger partial charge in [-0.2, -0.15) is 0 Å². The number of hydrogen-bond acceptors (Lipinski definition) is 2. The van der Waals surface area contributed by atoms with E-state index >= 15 is 0 Å². The van der Waals surface area contributed by atoms with E-state index in [1.807, 2.05) is 22.6 Å². The second-order valence-corrected chi connectivity index (χ2v) is 4.98. The molecule has 0 saturated carbocycles. The van der Waals surface area contributed by atoms with Gasteiger partial charge in [0.25, 0.3) is 0 Å². The van der Waals surface area contributed by atoms with Crippen molar-refractivity contribution in [2.75, 3.05) is 0 Å². The summed E-state index contributed by atoms with van der Waals surface area (Å²) < 4.78 is 0.735. The molecule has 0 radical (unpaired) electrons. The van der Waals surface area contributed by atoms with Crippen LogP contribution in [0.5, 0.6) is 0 Å². The first-order valence-electron chi connectivity index (χ1n) is 5.03. The van der Waals surface area contributed by atoms with Gasteiger partial charge in [-0.3, -0.25) is 4.79 Å². The molecular formula is C11H19IO2. The third-order valence-electron chi connectivity index (χ3n) is 2.26. The van der Waals surface area contributed by atoms with Crippen LogP contribution < -0.4 is 0 Å². The van der Waals surface area contributed by atoms with Gasteiger partial charge in [0, 0.05) is 0 Å². The Morgan fingerprint density at radius 1 is 1.50 bits per heavy atom. The van der Waals surface area contributed by atoms with E-state index in [4.69, 9.17) is 0 Å². The summed E-state index contributed by atoms with van der Waals surface area (Å²) in [5, 5.41) is 9.79. The first-order valence-corrected chi connectivity index (χ1v) is 6.11. The predicted octanol–water partition coefficient (Wildman–Crippen LogP) is 3.08. The SMILES string of the molecule is C=C(I)[C@@H](C(C)=O)C(O)CCCCC. The molecule has 3 heteroatoms. The van der Waals surface area contributed by atoms with E-state index in [-0.39, 0.29) is 11.7 Å². The van der Waals surface area contributed by atoms with E-state index in [0.717, 1.165) is 22.8 Å². The Labute approximate surface area is 99.9 Å². The fourth-order valence-corrected chi connectivity index (χ4v) is 2.32. The highest BCUT2D eigenvalue weighted by molar-refractivity contribution is 14.1. The van der Waals surface area contributed by atoms with Crippen molar-refractivity contribution in [2.24, 2.45) is 5.92 Å². The van der Waals surface area contributed by atoms with Crippen LogP contribution >= 0.6 is 22.6 Å². The molecule has 0 aliphatic heterocycles. The summed E-state index contributed by atoms with van der Waals surface area (Å²) >= 11 is 2.02. The lowest BCUT2D eigenvalue weighted by Gasteiger charge is -2.19. The largest absolute Gasteiger partial charge is 0.392 e. The van der Waals surface area contributed by atoms with E-state index < -0.39 is 6.10 Å². The summed E-state index contributed by atoms with van der Waals surface area (Å²) in [7, 11) is 0. The zero-order valence-corrected chi connectivity index (χ0v) is 11.1. The number of aliphatic hydroxyl groups is 1. The molecule has 0 fully saturated rings. The number of carbonyl (C=O) groups is 1. The monoisotopic (exact) mass is 310 g/mol. The van der Waals surface area contributed by atoms with E-state index in [1.165, 1.54) is 6.92 Å². The van der Waals surface area contributed by atoms with Gasteiger partial charge in [0.2, 0.25) is 0 Å². The van der Waals surface area contributed by atoms with Gasteiger partial charge in [-0.25, -0.2) is 0 Å². The number of Topliss-reactive ketones (excluding diaryl/α,β-unsaturated/α-hetero) is 1. The molecule has 0 saturated heterocycles. The fraction of sp³-hybridized carbons (Fsp3) is 0.727. The third kappa shape index (κ3) is 5.10. The van der Waals surface area contributed by atoms with E-state index in [1.54, 1.807) is 0 Å². The Kier molecular flexibility index (Phi) is 7.45. The lowest BCUT2D eigenvalue weighted by Crippen LogP contribution is -2.26. The molecule has 2 nitrogen and oxygen atoms in total. The van der Waals surface area contributed by atoms with E-state index in [9.17, 15) is 9.90 Å². The highest BCUT2D eigenvalue weighted by atomic mass is 127. The molecule has 0 aromatic rings. The number of hydrogen-bond donors (Lipinski definition) is 1. The van der Waals surface area contributed by atoms with Crippen LogP contribution in [0.1, 0.15) is 39.5 Å². The highest BCUT2D eigenvalue weighted by Gasteiger charge is 2.24. The maximum absolute atomic E-state index is 11.2. The van der Waals surface area contributed by atoms with Crippen LogP contribution in [-0.4, -0.2) is 17.0 Å². The van der Waals surface area contributed by atoms with Crippen LogP contribution in [0.4, 0.5) is 0 Å². The summed E-state index contributed by atoms with van der Waals surface area (Å²) in [6.45, 7) is 7.36. The fourth-order valence-electron chi connectivity index (χ4n) is 1.47. The topological polar surface area (TPSA) is 37.3 Å². The average molecular weight is 310 g/mol. The smallest absolute Gasteiger partial charge is 0.140 e. The van der Waals surface area contributed by atoms with Gasteiger partial charge in [-0.15, -0.1) is 0 Å². The number of aliphatic hydroxyl groups excluding tert-OH is 1. The van der Waals surface area contributed by atoms with Crippen molar-refractivity contribution in [1.82, 2.24) is 0 Å². The lowest BCUT2D eigenvalue weighted by atomic mass is 9.94. The maximum atomic E-state index is 11.2.